The molecule has 0 heterocycles. The van der Waals surface area contributed by atoms with E-state index in [1.54, 1.807) is 36.4 Å². The quantitative estimate of drug-likeness (QED) is 0.222. The van der Waals surface area contributed by atoms with Crippen LogP contribution in [0.5, 0.6) is 23.0 Å². The summed E-state index contributed by atoms with van der Waals surface area (Å²) in [6.45, 7) is 1.46. The maximum Gasteiger partial charge on any atom is 0.120 e. The van der Waals surface area contributed by atoms with Crippen molar-refractivity contribution >= 4 is 0 Å². The molecule has 3 aromatic carbocycles. The second-order valence-electron chi connectivity index (χ2n) is 8.18. The summed E-state index contributed by atoms with van der Waals surface area (Å²) < 4.78 is 22.9. The van der Waals surface area contributed by atoms with Gasteiger partial charge in [-0.2, -0.15) is 0 Å². The Morgan fingerprint density at radius 3 is 0.944 bits per heavy atom. The SMILES string of the molecule is OCc1cc(CO)cc(OCCCOc2ccc(OCCCOc3cc(CO)cc(CO)c3)cc2)c1. The van der Waals surface area contributed by atoms with Crippen LogP contribution in [-0.2, 0) is 26.4 Å². The molecule has 0 atom stereocenters. The Hall–Kier alpha value is -3.30. The van der Waals surface area contributed by atoms with E-state index >= 15 is 0 Å². The Morgan fingerprint density at radius 1 is 0.389 bits per heavy atom. The highest BCUT2D eigenvalue weighted by Crippen LogP contribution is 2.20. The molecule has 0 fully saturated rings. The predicted molar refractivity (Wildman–Crippen MR) is 134 cm³/mol. The first-order valence-corrected chi connectivity index (χ1v) is 11.9. The summed E-state index contributed by atoms with van der Waals surface area (Å²) in [6, 6.07) is 17.9. The molecule has 0 radical (unpaired) electrons. The van der Waals surface area contributed by atoms with E-state index in [1.807, 2.05) is 24.3 Å². The molecule has 0 aromatic heterocycles. The zero-order chi connectivity index (χ0) is 25.6. The molecule has 0 bridgehead atoms. The van der Waals surface area contributed by atoms with Crippen LogP contribution in [0.15, 0.2) is 60.7 Å². The molecule has 8 nitrogen and oxygen atoms in total. The molecule has 194 valence electrons. The van der Waals surface area contributed by atoms with Crippen molar-refractivity contribution in [1.82, 2.24) is 0 Å². The van der Waals surface area contributed by atoms with E-state index < -0.39 is 0 Å². The maximum absolute atomic E-state index is 9.30. The zero-order valence-electron chi connectivity index (χ0n) is 20.3. The smallest absolute Gasteiger partial charge is 0.120 e. The molecule has 0 aliphatic heterocycles. The van der Waals surface area contributed by atoms with E-state index in [0.717, 1.165) is 11.5 Å². The highest BCUT2D eigenvalue weighted by Gasteiger charge is 2.04. The molecule has 8 heteroatoms. The predicted octanol–water partition coefficient (Wildman–Crippen LogP) is 3.35. The molecule has 4 N–H and O–H groups in total. The van der Waals surface area contributed by atoms with E-state index in [1.165, 1.54) is 0 Å². The van der Waals surface area contributed by atoms with Gasteiger partial charge in [0.1, 0.15) is 23.0 Å². The lowest BCUT2D eigenvalue weighted by molar-refractivity contribution is 0.241. The van der Waals surface area contributed by atoms with Crippen molar-refractivity contribution in [1.29, 1.82) is 0 Å². The first-order valence-electron chi connectivity index (χ1n) is 11.9. The minimum Gasteiger partial charge on any atom is -0.493 e. The Bertz CT molecular complexity index is 923. The number of benzene rings is 3. The largest absolute Gasteiger partial charge is 0.493 e. The van der Waals surface area contributed by atoms with Crippen LogP contribution in [-0.4, -0.2) is 46.9 Å². The Morgan fingerprint density at radius 2 is 0.667 bits per heavy atom. The van der Waals surface area contributed by atoms with E-state index in [2.05, 4.69) is 0 Å². The highest BCUT2D eigenvalue weighted by atomic mass is 16.5. The van der Waals surface area contributed by atoms with Gasteiger partial charge in [0.05, 0.1) is 52.9 Å². The molecule has 3 rings (SSSR count). The normalized spacial score (nSPS) is 10.8. The van der Waals surface area contributed by atoms with Crippen molar-refractivity contribution in [2.45, 2.75) is 39.3 Å². The molecular weight excluding hydrogens is 464 g/mol. The summed E-state index contributed by atoms with van der Waals surface area (Å²) in [4.78, 5) is 0. The van der Waals surface area contributed by atoms with E-state index in [0.29, 0.717) is 73.0 Å². The summed E-state index contributed by atoms with van der Waals surface area (Å²) in [5.41, 5.74) is 2.80. The minimum absolute atomic E-state index is 0.104. The molecule has 0 amide bonds. The number of aliphatic hydroxyl groups excluding tert-OH is 4. The van der Waals surface area contributed by atoms with Crippen molar-refractivity contribution < 1.29 is 39.4 Å². The van der Waals surface area contributed by atoms with Gasteiger partial charge < -0.3 is 39.4 Å². The third-order valence-electron chi connectivity index (χ3n) is 5.26. The van der Waals surface area contributed by atoms with Crippen molar-refractivity contribution in [3.05, 3.63) is 82.9 Å². The van der Waals surface area contributed by atoms with Crippen LogP contribution in [0.2, 0.25) is 0 Å². The summed E-state index contributed by atoms with van der Waals surface area (Å²) in [6.07, 6.45) is 1.36. The van der Waals surface area contributed by atoms with Gasteiger partial charge >= 0.3 is 0 Å². The van der Waals surface area contributed by atoms with E-state index in [-0.39, 0.29) is 26.4 Å². The van der Waals surface area contributed by atoms with Gasteiger partial charge in [-0.1, -0.05) is 12.1 Å². The Kier molecular flexibility index (Phi) is 11.3. The summed E-state index contributed by atoms with van der Waals surface area (Å²) in [5.74, 6) is 2.70. The number of rotatable bonds is 16. The topological polar surface area (TPSA) is 118 Å². The summed E-state index contributed by atoms with van der Waals surface area (Å²) in [7, 11) is 0. The lowest BCUT2D eigenvalue weighted by Crippen LogP contribution is -2.06. The van der Waals surface area contributed by atoms with Crippen molar-refractivity contribution in [2.24, 2.45) is 0 Å². The van der Waals surface area contributed by atoms with Gasteiger partial charge in [-0.15, -0.1) is 0 Å². The summed E-state index contributed by atoms with van der Waals surface area (Å²) in [5, 5.41) is 37.2. The van der Waals surface area contributed by atoms with Crippen LogP contribution < -0.4 is 18.9 Å². The molecule has 0 aliphatic rings. The molecule has 0 saturated carbocycles. The number of aliphatic hydroxyl groups is 4. The second kappa shape index (κ2) is 15.0. The third-order valence-corrected chi connectivity index (χ3v) is 5.26. The minimum atomic E-state index is -0.104. The molecule has 36 heavy (non-hydrogen) atoms. The van der Waals surface area contributed by atoms with Crippen LogP contribution in [0.1, 0.15) is 35.1 Å². The van der Waals surface area contributed by atoms with Gasteiger partial charge in [-0.05, 0) is 70.8 Å². The highest BCUT2D eigenvalue weighted by molar-refractivity contribution is 5.35. The summed E-state index contributed by atoms with van der Waals surface area (Å²) >= 11 is 0. The second-order valence-corrected chi connectivity index (χ2v) is 8.18. The van der Waals surface area contributed by atoms with Gasteiger partial charge in [0.15, 0.2) is 0 Å². The first kappa shape index (κ1) is 27.3. The third kappa shape index (κ3) is 9.05. The molecular formula is C28H34O8. The number of hydrogen-bond acceptors (Lipinski definition) is 8. The fraction of sp³-hybridized carbons (Fsp3) is 0.357. The van der Waals surface area contributed by atoms with Gasteiger partial charge in [-0.25, -0.2) is 0 Å². The maximum atomic E-state index is 9.30. The van der Waals surface area contributed by atoms with Crippen molar-refractivity contribution in [3.8, 4) is 23.0 Å². The van der Waals surface area contributed by atoms with Gasteiger partial charge in [0.25, 0.3) is 0 Å². The molecule has 3 aromatic rings. The fourth-order valence-corrected chi connectivity index (χ4v) is 3.50. The monoisotopic (exact) mass is 498 g/mol. The van der Waals surface area contributed by atoms with Gasteiger partial charge in [-0.3, -0.25) is 0 Å². The average molecular weight is 499 g/mol. The first-order chi connectivity index (χ1) is 17.6. The molecule has 0 unspecified atom stereocenters. The van der Waals surface area contributed by atoms with Crippen LogP contribution >= 0.6 is 0 Å². The van der Waals surface area contributed by atoms with Crippen LogP contribution in [0.4, 0.5) is 0 Å². The zero-order valence-corrected chi connectivity index (χ0v) is 20.3. The molecule has 0 saturated heterocycles. The van der Waals surface area contributed by atoms with Crippen LogP contribution in [0.3, 0.4) is 0 Å². The number of hydrogen-bond donors (Lipinski definition) is 4. The van der Waals surface area contributed by atoms with Gasteiger partial charge in [0, 0.05) is 12.8 Å². The number of ether oxygens (including phenoxy) is 4. The molecule has 0 spiro atoms. The van der Waals surface area contributed by atoms with Gasteiger partial charge in [0.2, 0.25) is 0 Å². The molecule has 0 aliphatic carbocycles. The van der Waals surface area contributed by atoms with Crippen LogP contribution in [0.25, 0.3) is 0 Å². The van der Waals surface area contributed by atoms with Crippen molar-refractivity contribution in [2.75, 3.05) is 26.4 Å². The van der Waals surface area contributed by atoms with E-state index in [4.69, 9.17) is 18.9 Å². The lowest BCUT2D eigenvalue weighted by atomic mass is 10.1. The Labute approximate surface area is 211 Å². The fourth-order valence-electron chi connectivity index (χ4n) is 3.50. The average Bonchev–Trinajstić information content (AvgIpc) is 2.92. The van der Waals surface area contributed by atoms with Crippen molar-refractivity contribution in [3.63, 3.8) is 0 Å². The van der Waals surface area contributed by atoms with E-state index in [9.17, 15) is 20.4 Å². The standard InChI is InChI=1S/C28H34O8/c29-17-21-11-22(18-30)14-27(13-21)35-9-1-7-33-25-3-5-26(6-4-25)34-8-2-10-36-28-15-23(19-31)12-24(16-28)20-32/h3-6,11-16,29-32H,1-2,7-10,17-20H2. The lowest BCUT2D eigenvalue weighted by Gasteiger charge is -2.11. The Balaban J connectivity index is 1.31. The van der Waals surface area contributed by atoms with Crippen LogP contribution in [0, 0.1) is 0 Å².